The molecule has 190 valence electrons. The molecule has 1 fully saturated rings. The van der Waals surface area contributed by atoms with E-state index in [-0.39, 0.29) is 24.8 Å². The lowest BCUT2D eigenvalue weighted by atomic mass is 9.50. The van der Waals surface area contributed by atoms with Crippen LogP contribution in [0.2, 0.25) is 0 Å². The van der Waals surface area contributed by atoms with Gasteiger partial charge in [-0.1, -0.05) is 12.1 Å². The molecule has 0 radical (unpaired) electrons. The molecule has 35 heavy (non-hydrogen) atoms. The molecule has 2 aliphatic carbocycles. The predicted octanol–water partition coefficient (Wildman–Crippen LogP) is 2.34. The molecular weight excluding hydrogens is 454 g/mol. The Morgan fingerprint density at radius 3 is 2.74 bits per heavy atom. The molecule has 4 aliphatic rings. The maximum Gasteiger partial charge on any atom is 0.509 e. The summed E-state index contributed by atoms with van der Waals surface area (Å²) in [4.78, 5) is 27.1. The third-order valence-electron chi connectivity index (χ3n) is 7.84. The van der Waals surface area contributed by atoms with Gasteiger partial charge in [0.05, 0.1) is 17.6 Å². The van der Waals surface area contributed by atoms with Crippen molar-refractivity contribution in [2.75, 3.05) is 13.6 Å². The molecule has 1 aromatic rings. The Balaban J connectivity index is 1.47. The first-order chi connectivity index (χ1) is 16.4. The normalized spacial score (nSPS) is 31.6. The second kappa shape index (κ2) is 7.94. The Hall–Kier alpha value is -2.62. The lowest BCUT2D eigenvalue weighted by Crippen LogP contribution is -2.74. The number of rotatable bonds is 4. The van der Waals surface area contributed by atoms with Gasteiger partial charge in [0.2, 0.25) is 0 Å². The van der Waals surface area contributed by atoms with Gasteiger partial charge in [0.25, 0.3) is 0 Å². The average molecular weight is 488 g/mol. The third-order valence-corrected chi connectivity index (χ3v) is 7.84. The van der Waals surface area contributed by atoms with Gasteiger partial charge in [0.15, 0.2) is 12.2 Å². The molecule has 9 heteroatoms. The standard InChI is InChI=1S/C26H33NO8/c1-14(32-23(30)35-24(2,3)4)22(29)33-17-8-9-26(31)18-12-15-6-7-16(13-28)20-19(15)25(26,21(17)34-20)10-11-27(18)5/h6-8,14,18,21,28,31H,9-13H2,1-5H3/t14-,18+,21-,25-,26+/m0/s1. The molecule has 1 saturated heterocycles. The van der Waals surface area contributed by atoms with Crippen molar-refractivity contribution < 1.29 is 38.7 Å². The van der Waals surface area contributed by atoms with Gasteiger partial charge in [0.1, 0.15) is 17.1 Å². The molecule has 0 amide bonds. The van der Waals surface area contributed by atoms with Crippen LogP contribution in [-0.4, -0.2) is 70.3 Å². The van der Waals surface area contributed by atoms with Crippen LogP contribution in [0.15, 0.2) is 24.0 Å². The SMILES string of the molecule is C[C@H](OC(=O)OC(C)(C)C)C(=O)OC1=CC[C@@]2(O)[C@H]3Cc4ccc(CO)c5c4[C@@]2(CCN3C)[C@H]1O5. The van der Waals surface area contributed by atoms with Crippen LogP contribution in [0, 0.1) is 0 Å². The first-order valence-corrected chi connectivity index (χ1v) is 12.1. The van der Waals surface area contributed by atoms with E-state index in [1.807, 2.05) is 19.2 Å². The largest absolute Gasteiger partial charge is 0.509 e. The third kappa shape index (κ3) is 3.47. The Morgan fingerprint density at radius 1 is 1.31 bits per heavy atom. The Morgan fingerprint density at radius 2 is 2.06 bits per heavy atom. The number of benzene rings is 1. The minimum atomic E-state index is -1.20. The monoisotopic (exact) mass is 487 g/mol. The minimum absolute atomic E-state index is 0.122. The van der Waals surface area contributed by atoms with E-state index in [0.717, 1.165) is 17.7 Å². The van der Waals surface area contributed by atoms with E-state index in [0.29, 0.717) is 24.2 Å². The van der Waals surface area contributed by atoms with Crippen molar-refractivity contribution in [1.29, 1.82) is 0 Å². The number of hydrogen-bond donors (Lipinski definition) is 2. The number of likely N-dealkylation sites (N-methyl/N-ethyl adjacent to an activating group) is 1. The van der Waals surface area contributed by atoms with E-state index in [1.54, 1.807) is 26.8 Å². The van der Waals surface area contributed by atoms with Crippen LogP contribution in [0.5, 0.6) is 5.75 Å². The summed E-state index contributed by atoms with van der Waals surface area (Å²) in [6.45, 7) is 7.07. The summed E-state index contributed by atoms with van der Waals surface area (Å²) in [5.41, 5.74) is -0.0491. The van der Waals surface area contributed by atoms with E-state index >= 15 is 0 Å². The number of carbonyl (C=O) groups is 2. The first kappa shape index (κ1) is 24.1. The zero-order valence-electron chi connectivity index (χ0n) is 20.8. The van der Waals surface area contributed by atoms with E-state index in [4.69, 9.17) is 18.9 Å². The molecule has 5 rings (SSSR count). The molecule has 1 spiro atoms. The second-order valence-corrected chi connectivity index (χ2v) is 11.0. The number of piperidine rings is 1. The zero-order chi connectivity index (χ0) is 25.3. The van der Waals surface area contributed by atoms with E-state index in [1.165, 1.54) is 6.92 Å². The molecule has 2 aliphatic heterocycles. The average Bonchev–Trinajstić information content (AvgIpc) is 3.12. The number of likely N-dealkylation sites (tertiary alicyclic amines) is 1. The van der Waals surface area contributed by atoms with Gasteiger partial charge in [-0.2, -0.15) is 0 Å². The van der Waals surface area contributed by atoms with Crippen LogP contribution in [-0.2, 0) is 37.4 Å². The second-order valence-electron chi connectivity index (χ2n) is 11.0. The van der Waals surface area contributed by atoms with Gasteiger partial charge in [-0.05, 0) is 65.8 Å². The van der Waals surface area contributed by atoms with Gasteiger partial charge < -0.3 is 34.1 Å². The van der Waals surface area contributed by atoms with Crippen molar-refractivity contribution in [2.45, 2.75) is 88.4 Å². The predicted molar refractivity (Wildman–Crippen MR) is 124 cm³/mol. The fraction of sp³-hybridized carbons (Fsp3) is 0.615. The van der Waals surface area contributed by atoms with E-state index in [2.05, 4.69) is 4.90 Å². The van der Waals surface area contributed by atoms with Crippen molar-refractivity contribution in [3.05, 3.63) is 40.7 Å². The van der Waals surface area contributed by atoms with Crippen LogP contribution < -0.4 is 4.74 Å². The van der Waals surface area contributed by atoms with Gasteiger partial charge in [-0.3, -0.25) is 0 Å². The Bertz CT molecular complexity index is 1110. The molecular formula is C26H33NO8. The quantitative estimate of drug-likeness (QED) is 0.618. The number of carbonyl (C=O) groups excluding carboxylic acids is 2. The summed E-state index contributed by atoms with van der Waals surface area (Å²) in [6, 6.07) is 3.74. The van der Waals surface area contributed by atoms with Crippen LogP contribution in [0.1, 0.15) is 57.2 Å². The highest BCUT2D eigenvalue weighted by molar-refractivity contribution is 5.78. The summed E-state index contributed by atoms with van der Waals surface area (Å²) in [5.74, 6) is 0.0975. The summed E-state index contributed by atoms with van der Waals surface area (Å²) in [6.07, 6.45) is 0.373. The molecule has 0 aromatic heterocycles. The maximum absolute atomic E-state index is 12.9. The molecule has 2 heterocycles. The zero-order valence-corrected chi connectivity index (χ0v) is 20.8. The van der Waals surface area contributed by atoms with Gasteiger partial charge in [0, 0.05) is 23.6 Å². The van der Waals surface area contributed by atoms with Crippen LogP contribution >= 0.6 is 0 Å². The van der Waals surface area contributed by atoms with Gasteiger partial charge >= 0.3 is 12.1 Å². The number of aliphatic hydroxyl groups is 2. The van der Waals surface area contributed by atoms with Gasteiger partial charge in [-0.15, -0.1) is 0 Å². The number of nitrogens with zero attached hydrogens (tertiary/aromatic N) is 1. The number of hydrogen-bond acceptors (Lipinski definition) is 9. The molecule has 0 unspecified atom stereocenters. The minimum Gasteiger partial charge on any atom is -0.481 e. The summed E-state index contributed by atoms with van der Waals surface area (Å²) in [5, 5.41) is 22.2. The molecule has 5 atom stereocenters. The smallest absolute Gasteiger partial charge is 0.481 e. The summed E-state index contributed by atoms with van der Waals surface area (Å²) in [7, 11) is 2.02. The number of esters is 1. The highest BCUT2D eigenvalue weighted by Gasteiger charge is 2.71. The highest BCUT2D eigenvalue weighted by atomic mass is 16.7. The molecule has 2 bridgehead atoms. The van der Waals surface area contributed by atoms with Crippen molar-refractivity contribution >= 4 is 12.1 Å². The fourth-order valence-electron chi connectivity index (χ4n) is 6.30. The molecule has 0 saturated carbocycles. The lowest BCUT2D eigenvalue weighted by Gasteiger charge is -2.61. The molecule has 1 aromatic carbocycles. The van der Waals surface area contributed by atoms with Crippen molar-refractivity contribution in [3.63, 3.8) is 0 Å². The number of ether oxygens (including phenoxy) is 4. The summed E-state index contributed by atoms with van der Waals surface area (Å²) < 4.78 is 22.4. The van der Waals surface area contributed by atoms with Crippen LogP contribution in [0.3, 0.4) is 0 Å². The summed E-state index contributed by atoms with van der Waals surface area (Å²) >= 11 is 0. The van der Waals surface area contributed by atoms with Crippen LogP contribution in [0.25, 0.3) is 0 Å². The van der Waals surface area contributed by atoms with Gasteiger partial charge in [-0.25, -0.2) is 9.59 Å². The Labute approximate surface area is 204 Å². The molecule has 2 N–H and O–H groups in total. The number of aliphatic hydroxyl groups excluding tert-OH is 1. The van der Waals surface area contributed by atoms with Crippen molar-refractivity contribution in [1.82, 2.24) is 4.90 Å². The fourth-order valence-corrected chi connectivity index (χ4v) is 6.30. The topological polar surface area (TPSA) is 115 Å². The Kier molecular flexibility index (Phi) is 5.47. The molecule has 9 nitrogen and oxygen atoms in total. The van der Waals surface area contributed by atoms with Crippen LogP contribution in [0.4, 0.5) is 4.79 Å². The van der Waals surface area contributed by atoms with E-state index in [9.17, 15) is 19.8 Å². The lowest BCUT2D eigenvalue weighted by molar-refractivity contribution is -0.172. The highest BCUT2D eigenvalue weighted by Crippen LogP contribution is 2.64. The van der Waals surface area contributed by atoms with Crippen molar-refractivity contribution in [3.8, 4) is 5.75 Å². The first-order valence-electron chi connectivity index (χ1n) is 12.1. The van der Waals surface area contributed by atoms with E-state index < -0.39 is 40.9 Å². The van der Waals surface area contributed by atoms with Crippen molar-refractivity contribution in [2.24, 2.45) is 0 Å². The maximum atomic E-state index is 12.9.